The standard InChI is InChI=1S/C30H46O9/c1-15-7-9-21-17(3)23(32-25-29(21)19(15)11-13-27(5,34-25)36-38-29)31-24-18(4)22-10-8-16(2)20-12-14-28(6)35-26(33-24)30(20,22)39-37-28/h15-26H,7-14H2,1-6H3/t15-,16+,17-,18-,19+,20-,21+,22+,23+,24+,25-,26-,27-,28+,29-,30+/m1/s1. The zero-order chi connectivity index (χ0) is 26.9. The summed E-state index contributed by atoms with van der Waals surface area (Å²) in [6.07, 6.45) is 5.95. The Morgan fingerprint density at radius 3 is 1.41 bits per heavy atom. The van der Waals surface area contributed by atoms with Crippen LogP contribution in [0.2, 0.25) is 0 Å². The van der Waals surface area contributed by atoms with E-state index in [-0.39, 0.29) is 23.7 Å². The van der Waals surface area contributed by atoms with Gasteiger partial charge >= 0.3 is 0 Å². The average Bonchev–Trinajstić information content (AvgIpc) is 3.27. The van der Waals surface area contributed by atoms with Crippen molar-refractivity contribution in [2.75, 3.05) is 0 Å². The molecular formula is C30H46O9. The summed E-state index contributed by atoms with van der Waals surface area (Å²) in [7, 11) is 0. The molecule has 10 aliphatic rings. The summed E-state index contributed by atoms with van der Waals surface area (Å²) in [6.45, 7) is 13.0. The van der Waals surface area contributed by atoms with Gasteiger partial charge in [-0.15, -0.1) is 0 Å². The van der Waals surface area contributed by atoms with Crippen molar-refractivity contribution in [1.29, 1.82) is 0 Å². The van der Waals surface area contributed by atoms with Crippen molar-refractivity contribution in [2.45, 2.75) is 141 Å². The second kappa shape index (κ2) is 8.60. The summed E-state index contributed by atoms with van der Waals surface area (Å²) in [5.74, 6) is 0.661. The third kappa shape index (κ3) is 3.45. The molecule has 2 spiro atoms. The molecule has 220 valence electrons. The van der Waals surface area contributed by atoms with E-state index in [9.17, 15) is 0 Å². The maximum absolute atomic E-state index is 6.85. The van der Waals surface area contributed by atoms with E-state index in [1.807, 2.05) is 13.8 Å². The van der Waals surface area contributed by atoms with E-state index < -0.39 is 47.9 Å². The Labute approximate surface area is 231 Å². The third-order valence-electron chi connectivity index (χ3n) is 12.5. The van der Waals surface area contributed by atoms with E-state index in [0.29, 0.717) is 23.7 Å². The first-order chi connectivity index (χ1) is 18.6. The quantitative estimate of drug-likeness (QED) is 0.419. The Balaban J connectivity index is 1.09. The van der Waals surface area contributed by atoms with Crippen LogP contribution in [0.25, 0.3) is 0 Å². The first-order valence-corrected chi connectivity index (χ1v) is 15.6. The Kier molecular flexibility index (Phi) is 5.80. The summed E-state index contributed by atoms with van der Waals surface area (Å²) in [5, 5.41) is 0. The zero-order valence-electron chi connectivity index (χ0n) is 24.3. The molecular weight excluding hydrogens is 504 g/mol. The molecule has 9 nitrogen and oxygen atoms in total. The maximum Gasteiger partial charge on any atom is 0.201 e. The van der Waals surface area contributed by atoms with Gasteiger partial charge < -0.3 is 23.7 Å². The molecule has 0 amide bonds. The predicted octanol–water partition coefficient (Wildman–Crippen LogP) is 5.42. The summed E-state index contributed by atoms with van der Waals surface area (Å²) in [4.78, 5) is 24.6. The fourth-order valence-electron chi connectivity index (χ4n) is 10.2. The van der Waals surface area contributed by atoms with Crippen LogP contribution < -0.4 is 0 Å². The van der Waals surface area contributed by atoms with Gasteiger partial charge in [0.2, 0.25) is 11.6 Å². The van der Waals surface area contributed by atoms with Gasteiger partial charge in [0.05, 0.1) is 0 Å². The Morgan fingerprint density at radius 2 is 0.974 bits per heavy atom. The number of rotatable bonds is 2. The fourth-order valence-corrected chi connectivity index (χ4v) is 10.2. The largest absolute Gasteiger partial charge is 0.323 e. The molecule has 2 saturated carbocycles. The lowest BCUT2D eigenvalue weighted by Gasteiger charge is -2.62. The molecule has 0 aromatic carbocycles. The molecule has 4 bridgehead atoms. The number of hydrogen-bond acceptors (Lipinski definition) is 9. The monoisotopic (exact) mass is 550 g/mol. The SMILES string of the molecule is C[C@H]1[C@@H](O[C@H]2O[C@@H]3O[C@]4(C)CC[C@@H]5[C@@H](C)CC[C@@H]([C@H]2C)[C@]35OO4)O[C@@H]2O[C@@]3(C)CC[C@H]4[C@H](C)CC[C@@H]1[C@@]24OO3. The number of ether oxygens (including phenoxy) is 5. The molecule has 0 radical (unpaired) electrons. The van der Waals surface area contributed by atoms with E-state index in [4.69, 9.17) is 43.2 Å². The van der Waals surface area contributed by atoms with Crippen LogP contribution in [-0.2, 0) is 43.2 Å². The first kappa shape index (κ1) is 26.3. The molecule has 10 fully saturated rings. The van der Waals surface area contributed by atoms with E-state index in [1.165, 1.54) is 0 Å². The molecule has 8 saturated heterocycles. The Bertz CT molecular complexity index is 919. The van der Waals surface area contributed by atoms with Gasteiger partial charge in [-0.2, -0.15) is 0 Å². The van der Waals surface area contributed by atoms with Crippen LogP contribution in [0.1, 0.15) is 92.9 Å². The molecule has 0 aromatic rings. The molecule has 10 rings (SSSR count). The van der Waals surface area contributed by atoms with Gasteiger partial charge in [-0.25, -0.2) is 19.6 Å². The van der Waals surface area contributed by atoms with Crippen LogP contribution >= 0.6 is 0 Å². The highest BCUT2D eigenvalue weighted by atomic mass is 17.3. The second-order valence-corrected chi connectivity index (χ2v) is 14.7. The smallest absolute Gasteiger partial charge is 0.201 e. The summed E-state index contributed by atoms with van der Waals surface area (Å²) < 4.78 is 33.4. The van der Waals surface area contributed by atoms with Crippen molar-refractivity contribution in [3.8, 4) is 0 Å². The van der Waals surface area contributed by atoms with Crippen LogP contribution in [0.5, 0.6) is 0 Å². The predicted molar refractivity (Wildman–Crippen MR) is 135 cm³/mol. The van der Waals surface area contributed by atoms with E-state index in [2.05, 4.69) is 27.7 Å². The van der Waals surface area contributed by atoms with Crippen molar-refractivity contribution in [3.63, 3.8) is 0 Å². The molecule has 2 aliphatic carbocycles. The third-order valence-corrected chi connectivity index (χ3v) is 12.5. The molecule has 0 N–H and O–H groups in total. The van der Waals surface area contributed by atoms with E-state index in [0.717, 1.165) is 51.4 Å². The average molecular weight is 551 g/mol. The Morgan fingerprint density at radius 1 is 0.538 bits per heavy atom. The van der Waals surface area contributed by atoms with Crippen molar-refractivity contribution in [2.24, 2.45) is 47.3 Å². The minimum absolute atomic E-state index is 0.0836. The lowest BCUT2D eigenvalue weighted by Crippen LogP contribution is -2.72. The number of fused-ring (bicyclic) bond motifs is 4. The lowest BCUT2D eigenvalue weighted by molar-refractivity contribution is -0.590. The van der Waals surface area contributed by atoms with Gasteiger partial charge in [0.25, 0.3) is 0 Å². The molecule has 0 unspecified atom stereocenters. The van der Waals surface area contributed by atoms with Crippen LogP contribution in [0.15, 0.2) is 0 Å². The molecule has 39 heavy (non-hydrogen) atoms. The van der Waals surface area contributed by atoms with Crippen molar-refractivity contribution in [1.82, 2.24) is 0 Å². The summed E-state index contributed by atoms with van der Waals surface area (Å²) >= 11 is 0. The number of hydrogen-bond donors (Lipinski definition) is 0. The van der Waals surface area contributed by atoms with Gasteiger partial charge in [-0.1, -0.05) is 27.7 Å². The summed E-state index contributed by atoms with van der Waals surface area (Å²) in [5.41, 5.74) is -1.21. The normalized spacial score (nSPS) is 63.5. The summed E-state index contributed by atoms with van der Waals surface area (Å²) in [6, 6.07) is 0. The molecule has 0 aromatic heterocycles. The van der Waals surface area contributed by atoms with Gasteiger partial charge in [-0.3, -0.25) is 0 Å². The lowest BCUT2D eigenvalue weighted by atomic mass is 9.58. The highest BCUT2D eigenvalue weighted by Crippen LogP contribution is 2.63. The van der Waals surface area contributed by atoms with Crippen molar-refractivity contribution >= 4 is 0 Å². The van der Waals surface area contributed by atoms with Crippen LogP contribution in [0.3, 0.4) is 0 Å². The Hall–Kier alpha value is -0.360. The van der Waals surface area contributed by atoms with E-state index in [1.54, 1.807) is 0 Å². The van der Waals surface area contributed by atoms with Gasteiger partial charge in [-0.05, 0) is 76.0 Å². The highest BCUT2D eigenvalue weighted by Gasteiger charge is 2.72. The van der Waals surface area contributed by atoms with Gasteiger partial charge in [0.15, 0.2) is 36.4 Å². The van der Waals surface area contributed by atoms with Gasteiger partial charge in [0.1, 0.15) is 0 Å². The molecule has 16 atom stereocenters. The van der Waals surface area contributed by atoms with Crippen molar-refractivity contribution < 1.29 is 43.2 Å². The second-order valence-electron chi connectivity index (χ2n) is 14.7. The molecule has 8 heterocycles. The van der Waals surface area contributed by atoms with Gasteiger partial charge in [0, 0.05) is 36.5 Å². The molecule has 8 aliphatic heterocycles. The minimum Gasteiger partial charge on any atom is -0.323 e. The molecule has 9 heteroatoms. The first-order valence-electron chi connectivity index (χ1n) is 15.6. The van der Waals surface area contributed by atoms with E-state index >= 15 is 0 Å². The fraction of sp³-hybridized carbons (Fsp3) is 1.00. The maximum atomic E-state index is 6.85. The highest BCUT2D eigenvalue weighted by molar-refractivity contribution is 5.11. The van der Waals surface area contributed by atoms with Crippen molar-refractivity contribution in [3.05, 3.63) is 0 Å². The minimum atomic E-state index is -0.808. The zero-order valence-corrected chi connectivity index (χ0v) is 24.3. The topological polar surface area (TPSA) is 83.1 Å². The van der Waals surface area contributed by atoms with Crippen LogP contribution in [0.4, 0.5) is 0 Å². The van der Waals surface area contributed by atoms with Crippen LogP contribution in [-0.4, -0.2) is 47.9 Å². The van der Waals surface area contributed by atoms with Crippen LogP contribution in [0, 0.1) is 47.3 Å².